The van der Waals surface area contributed by atoms with Crippen molar-refractivity contribution in [1.29, 1.82) is 0 Å². The van der Waals surface area contributed by atoms with Crippen LogP contribution >= 0.6 is 12.2 Å². The number of rotatable bonds is 3. The zero-order valence-corrected chi connectivity index (χ0v) is 11.5. The number of amides is 4. The molecule has 0 aromatic heterocycles. The Morgan fingerprint density at radius 1 is 1.38 bits per heavy atom. The van der Waals surface area contributed by atoms with Crippen LogP contribution in [0.2, 0.25) is 0 Å². The molecule has 21 heavy (non-hydrogen) atoms. The second-order valence-corrected chi connectivity index (χ2v) is 4.42. The molecule has 1 heterocycles. The monoisotopic (exact) mass is 305 g/mol. The smallest absolute Gasteiger partial charge is 0.332 e. The number of hydrazone groups is 1. The van der Waals surface area contributed by atoms with Crippen LogP contribution in [-0.4, -0.2) is 29.2 Å². The van der Waals surface area contributed by atoms with Crippen LogP contribution in [0.5, 0.6) is 0 Å². The summed E-state index contributed by atoms with van der Waals surface area (Å²) in [6.07, 6.45) is 1.00. The van der Waals surface area contributed by atoms with Gasteiger partial charge in [0.25, 0.3) is 5.91 Å². The highest BCUT2D eigenvalue weighted by molar-refractivity contribution is 7.80. The molecule has 1 aromatic rings. The highest BCUT2D eigenvalue weighted by Gasteiger charge is 2.38. The first-order valence-corrected chi connectivity index (χ1v) is 6.24. The first-order chi connectivity index (χ1) is 10.0. The van der Waals surface area contributed by atoms with E-state index in [4.69, 9.17) is 18.0 Å². The molecule has 1 unspecified atom stereocenters. The number of urea groups is 1. The Balaban J connectivity index is 2.26. The number of thiocarbonyl (C=S) groups is 1. The van der Waals surface area contributed by atoms with Crippen LogP contribution in [-0.2, 0) is 9.59 Å². The maximum atomic E-state index is 12.4. The molecule has 1 atom stereocenters. The van der Waals surface area contributed by atoms with E-state index in [0.29, 0.717) is 5.69 Å². The van der Waals surface area contributed by atoms with Crippen LogP contribution in [0.25, 0.3) is 0 Å². The van der Waals surface area contributed by atoms with Gasteiger partial charge in [-0.1, -0.05) is 18.2 Å². The van der Waals surface area contributed by atoms with E-state index in [9.17, 15) is 14.4 Å². The van der Waals surface area contributed by atoms with Gasteiger partial charge in [0.15, 0.2) is 11.0 Å². The Bertz CT molecular complexity index is 631. The second kappa shape index (κ2) is 6.09. The summed E-state index contributed by atoms with van der Waals surface area (Å²) in [7, 11) is 0. The number of nitrogens with two attached hydrogens (primary N) is 1. The predicted molar refractivity (Wildman–Crippen MR) is 79.4 cm³/mol. The number of para-hydroxylation sites is 1. The lowest BCUT2D eigenvalue weighted by atomic mass is 10.1. The normalized spacial score (nSPS) is 18.8. The summed E-state index contributed by atoms with van der Waals surface area (Å²) in [6.45, 7) is 0. The lowest BCUT2D eigenvalue weighted by molar-refractivity contribution is -0.130. The van der Waals surface area contributed by atoms with E-state index in [0.717, 1.165) is 6.21 Å². The Labute approximate surface area is 125 Å². The molecule has 9 heteroatoms. The lowest BCUT2D eigenvalue weighted by Gasteiger charge is -2.30. The average Bonchev–Trinajstić information content (AvgIpc) is 2.43. The van der Waals surface area contributed by atoms with Gasteiger partial charge < -0.3 is 11.1 Å². The van der Waals surface area contributed by atoms with Crippen molar-refractivity contribution < 1.29 is 14.4 Å². The summed E-state index contributed by atoms with van der Waals surface area (Å²) in [6, 6.07) is 7.72. The fraction of sp³-hybridized carbons (Fsp3) is 0.0833. The summed E-state index contributed by atoms with van der Waals surface area (Å²) >= 11 is 5.01. The number of hydrogen-bond acceptors (Lipinski definition) is 5. The van der Waals surface area contributed by atoms with E-state index in [-0.39, 0.29) is 5.11 Å². The molecule has 0 bridgehead atoms. The SMILES string of the molecule is NC(=O)N/N=C/C1C(=O)NC(=S)N(c2ccccc2)C1=O. The van der Waals surface area contributed by atoms with E-state index in [1.807, 2.05) is 5.43 Å². The minimum absolute atomic E-state index is 0.0105. The van der Waals surface area contributed by atoms with Gasteiger partial charge in [-0.05, 0) is 24.4 Å². The van der Waals surface area contributed by atoms with Gasteiger partial charge in [-0.25, -0.2) is 10.2 Å². The van der Waals surface area contributed by atoms with Crippen LogP contribution in [0.3, 0.4) is 0 Å². The fourth-order valence-corrected chi connectivity index (χ4v) is 2.01. The molecule has 0 spiro atoms. The van der Waals surface area contributed by atoms with Crippen molar-refractivity contribution in [3.8, 4) is 0 Å². The Hall–Kier alpha value is -2.81. The van der Waals surface area contributed by atoms with Crippen LogP contribution in [0.4, 0.5) is 10.5 Å². The summed E-state index contributed by atoms with van der Waals surface area (Å²) in [5.74, 6) is -2.39. The highest BCUT2D eigenvalue weighted by atomic mass is 32.1. The molecule has 8 nitrogen and oxygen atoms in total. The quantitative estimate of drug-likeness (QED) is 0.308. The highest BCUT2D eigenvalue weighted by Crippen LogP contribution is 2.19. The van der Waals surface area contributed by atoms with Gasteiger partial charge in [-0.3, -0.25) is 14.5 Å². The molecule has 0 saturated carbocycles. The third-order valence-electron chi connectivity index (χ3n) is 2.61. The second-order valence-electron chi connectivity index (χ2n) is 4.04. The molecular formula is C12H11N5O3S. The van der Waals surface area contributed by atoms with Gasteiger partial charge in [0.2, 0.25) is 5.91 Å². The molecule has 0 aliphatic carbocycles. The number of hydrogen-bond donors (Lipinski definition) is 3. The molecule has 1 aliphatic heterocycles. The van der Waals surface area contributed by atoms with Crippen LogP contribution in [0, 0.1) is 5.92 Å². The number of carbonyl (C=O) groups excluding carboxylic acids is 3. The van der Waals surface area contributed by atoms with Gasteiger partial charge in [-0.15, -0.1) is 0 Å². The number of primary amides is 1. The van der Waals surface area contributed by atoms with Crippen LogP contribution < -0.4 is 21.4 Å². The summed E-state index contributed by atoms with van der Waals surface area (Å²) < 4.78 is 0. The van der Waals surface area contributed by atoms with Gasteiger partial charge in [0.05, 0.1) is 5.69 Å². The van der Waals surface area contributed by atoms with Gasteiger partial charge in [0, 0.05) is 6.21 Å². The predicted octanol–water partition coefficient (Wildman–Crippen LogP) is -0.295. The van der Waals surface area contributed by atoms with Crippen molar-refractivity contribution >= 4 is 47.1 Å². The molecule has 4 amide bonds. The van der Waals surface area contributed by atoms with Crippen molar-refractivity contribution in [2.75, 3.05) is 4.90 Å². The summed E-state index contributed by atoms with van der Waals surface area (Å²) in [5.41, 5.74) is 7.28. The topological polar surface area (TPSA) is 117 Å². The molecule has 1 saturated heterocycles. The Kier molecular flexibility index (Phi) is 4.24. The number of anilines is 1. The van der Waals surface area contributed by atoms with Crippen molar-refractivity contribution in [3.63, 3.8) is 0 Å². The standard InChI is InChI=1S/C12H11N5O3S/c13-11(20)16-14-6-8-9(18)15-12(21)17(10(8)19)7-4-2-1-3-5-7/h1-6,8H,(H3,13,16,20)(H,15,18,21)/b14-6+. The van der Waals surface area contributed by atoms with Crippen LogP contribution in [0.1, 0.15) is 0 Å². The van der Waals surface area contributed by atoms with Gasteiger partial charge in [-0.2, -0.15) is 5.10 Å². The van der Waals surface area contributed by atoms with Crippen molar-refractivity contribution in [3.05, 3.63) is 30.3 Å². The average molecular weight is 305 g/mol. The molecule has 0 radical (unpaired) electrons. The van der Waals surface area contributed by atoms with E-state index < -0.39 is 23.8 Å². The third-order valence-corrected chi connectivity index (χ3v) is 2.90. The molecule has 2 rings (SSSR count). The summed E-state index contributed by atoms with van der Waals surface area (Å²) in [5, 5.41) is 5.85. The molecule has 1 aliphatic rings. The van der Waals surface area contributed by atoms with Crippen LogP contribution in [0.15, 0.2) is 35.4 Å². The van der Waals surface area contributed by atoms with E-state index >= 15 is 0 Å². The summed E-state index contributed by atoms with van der Waals surface area (Å²) in [4.78, 5) is 35.9. The molecule has 108 valence electrons. The molecule has 4 N–H and O–H groups in total. The third kappa shape index (κ3) is 3.20. The zero-order chi connectivity index (χ0) is 15.4. The van der Waals surface area contributed by atoms with Gasteiger partial charge in [0.1, 0.15) is 0 Å². The molecule has 1 aromatic carbocycles. The van der Waals surface area contributed by atoms with E-state index in [1.54, 1.807) is 30.3 Å². The zero-order valence-electron chi connectivity index (χ0n) is 10.6. The number of carbonyl (C=O) groups is 3. The first-order valence-electron chi connectivity index (χ1n) is 5.83. The maximum Gasteiger partial charge on any atom is 0.332 e. The minimum atomic E-state index is -1.20. The fourth-order valence-electron chi connectivity index (χ4n) is 1.72. The number of nitrogens with one attached hydrogen (secondary N) is 2. The largest absolute Gasteiger partial charge is 0.350 e. The lowest BCUT2D eigenvalue weighted by Crippen LogP contribution is -2.58. The number of benzene rings is 1. The Morgan fingerprint density at radius 3 is 2.67 bits per heavy atom. The van der Waals surface area contributed by atoms with Crippen molar-refractivity contribution in [2.24, 2.45) is 16.8 Å². The van der Waals surface area contributed by atoms with Crippen molar-refractivity contribution in [1.82, 2.24) is 10.7 Å². The first kappa shape index (κ1) is 14.6. The van der Waals surface area contributed by atoms with Gasteiger partial charge >= 0.3 is 6.03 Å². The van der Waals surface area contributed by atoms with E-state index in [1.165, 1.54) is 4.90 Å². The van der Waals surface area contributed by atoms with E-state index in [2.05, 4.69) is 10.4 Å². The number of nitrogens with zero attached hydrogens (tertiary/aromatic N) is 2. The Morgan fingerprint density at radius 2 is 2.05 bits per heavy atom. The molecular weight excluding hydrogens is 294 g/mol. The molecule has 1 fully saturated rings. The maximum absolute atomic E-state index is 12.4. The minimum Gasteiger partial charge on any atom is -0.350 e. The van der Waals surface area contributed by atoms with Crippen molar-refractivity contribution in [2.45, 2.75) is 0 Å².